The number of aromatic nitrogens is 2. The highest BCUT2D eigenvalue weighted by Crippen LogP contribution is 2.20. The first-order valence-electron chi connectivity index (χ1n) is 7.90. The minimum Gasteiger partial charge on any atom is -0.339 e. The molecule has 8 heteroatoms. The average Bonchev–Trinajstić information content (AvgIpc) is 2.65. The zero-order valence-electron chi connectivity index (χ0n) is 14.2. The van der Waals surface area contributed by atoms with Crippen LogP contribution in [0.5, 0.6) is 0 Å². The minimum absolute atomic E-state index is 0.0438. The second-order valence-corrected chi connectivity index (χ2v) is 6.06. The lowest BCUT2D eigenvalue weighted by Crippen LogP contribution is -2.14. The lowest BCUT2D eigenvalue weighted by atomic mass is 10.1. The molecule has 0 atom stereocenters. The third kappa shape index (κ3) is 4.65. The van der Waals surface area contributed by atoms with Crippen LogP contribution in [0.2, 0.25) is 5.02 Å². The Labute approximate surface area is 159 Å². The number of carbonyl (C=O) groups is 2. The van der Waals surface area contributed by atoms with Crippen molar-refractivity contribution in [1.82, 2.24) is 10.2 Å². The molecule has 0 saturated heterocycles. The molecule has 0 aliphatic carbocycles. The lowest BCUT2D eigenvalue weighted by Gasteiger charge is -2.08. The van der Waals surface area contributed by atoms with E-state index in [1.54, 1.807) is 30.3 Å². The molecule has 1 aromatic heterocycles. The van der Waals surface area contributed by atoms with Crippen LogP contribution >= 0.6 is 11.6 Å². The van der Waals surface area contributed by atoms with Crippen LogP contribution in [0.1, 0.15) is 27.8 Å². The van der Waals surface area contributed by atoms with Gasteiger partial charge in [0.15, 0.2) is 17.3 Å². The van der Waals surface area contributed by atoms with Crippen molar-refractivity contribution in [1.29, 1.82) is 0 Å². The third-order valence-electron chi connectivity index (χ3n) is 3.62. The molecule has 0 spiro atoms. The largest absolute Gasteiger partial charge is 0.339 e. The van der Waals surface area contributed by atoms with Gasteiger partial charge in [0.2, 0.25) is 0 Å². The summed E-state index contributed by atoms with van der Waals surface area (Å²) in [4.78, 5) is 23.6. The number of amides is 1. The molecule has 2 aromatic carbocycles. The highest BCUT2D eigenvalue weighted by atomic mass is 35.5. The molecule has 136 valence electrons. The number of benzene rings is 2. The molecule has 3 aromatic rings. The van der Waals surface area contributed by atoms with Crippen molar-refractivity contribution in [3.63, 3.8) is 0 Å². The summed E-state index contributed by atoms with van der Waals surface area (Å²) in [5, 5.41) is 13.3. The second-order valence-electron chi connectivity index (χ2n) is 5.65. The first-order valence-corrected chi connectivity index (χ1v) is 8.28. The lowest BCUT2D eigenvalue weighted by molar-refractivity contribution is 0.101. The smallest absolute Gasteiger partial charge is 0.276 e. The van der Waals surface area contributed by atoms with E-state index < -0.39 is 11.7 Å². The van der Waals surface area contributed by atoms with E-state index in [4.69, 9.17) is 11.6 Å². The maximum absolute atomic E-state index is 13.2. The van der Waals surface area contributed by atoms with Gasteiger partial charge >= 0.3 is 0 Å². The summed E-state index contributed by atoms with van der Waals surface area (Å²) in [5.41, 5.74) is 1.67. The fourth-order valence-corrected chi connectivity index (χ4v) is 2.43. The van der Waals surface area contributed by atoms with Crippen molar-refractivity contribution in [2.45, 2.75) is 6.92 Å². The first kappa shape index (κ1) is 18.5. The maximum atomic E-state index is 13.2. The topological polar surface area (TPSA) is 84.0 Å². The first-order chi connectivity index (χ1) is 12.9. The van der Waals surface area contributed by atoms with E-state index in [0.717, 1.165) is 6.07 Å². The molecule has 1 heterocycles. The summed E-state index contributed by atoms with van der Waals surface area (Å²) in [6.45, 7) is 1.49. The fraction of sp³-hybridized carbons (Fsp3) is 0.0526. The average molecular weight is 385 g/mol. The molecule has 0 unspecified atom stereocenters. The van der Waals surface area contributed by atoms with Gasteiger partial charge in [0.1, 0.15) is 5.82 Å². The van der Waals surface area contributed by atoms with E-state index in [1.807, 2.05) is 0 Å². The normalized spacial score (nSPS) is 10.3. The van der Waals surface area contributed by atoms with Gasteiger partial charge in [-0.3, -0.25) is 9.59 Å². The fourth-order valence-electron chi connectivity index (χ4n) is 2.25. The molecular formula is C19H14ClFN4O2. The summed E-state index contributed by atoms with van der Waals surface area (Å²) < 4.78 is 13.2. The SMILES string of the molecule is CC(=O)c1cccc(Nc2ccc(C(=O)Nc3ccc(F)c(Cl)c3)nn2)c1. The van der Waals surface area contributed by atoms with Crippen LogP contribution in [0.4, 0.5) is 21.6 Å². The van der Waals surface area contributed by atoms with Crippen LogP contribution in [-0.2, 0) is 0 Å². The standard InChI is InChI=1S/C19H14ClFN4O2/c1-11(26)12-3-2-4-13(9-12)22-18-8-7-17(24-25-18)19(27)23-14-5-6-16(21)15(20)10-14/h2-10H,1H3,(H,22,25)(H,23,27). The van der Waals surface area contributed by atoms with Crippen LogP contribution in [0.15, 0.2) is 54.6 Å². The molecule has 2 N–H and O–H groups in total. The number of hydrogen-bond donors (Lipinski definition) is 2. The molecule has 6 nitrogen and oxygen atoms in total. The Morgan fingerprint density at radius 3 is 2.48 bits per heavy atom. The van der Waals surface area contributed by atoms with Gasteiger partial charge < -0.3 is 10.6 Å². The molecule has 0 radical (unpaired) electrons. The van der Waals surface area contributed by atoms with E-state index in [0.29, 0.717) is 22.8 Å². The number of nitrogens with zero attached hydrogens (tertiary/aromatic N) is 2. The van der Waals surface area contributed by atoms with Crippen molar-refractivity contribution >= 4 is 40.5 Å². The van der Waals surface area contributed by atoms with Gasteiger partial charge in [-0.25, -0.2) is 4.39 Å². The molecule has 0 bridgehead atoms. The number of carbonyl (C=O) groups excluding carboxylic acids is 2. The van der Waals surface area contributed by atoms with Crippen LogP contribution in [0.25, 0.3) is 0 Å². The minimum atomic E-state index is -0.571. The van der Waals surface area contributed by atoms with Gasteiger partial charge in [0.25, 0.3) is 5.91 Å². The molecule has 0 aliphatic rings. The Kier molecular flexibility index (Phi) is 5.42. The predicted octanol–water partition coefficient (Wildman–Crippen LogP) is 4.47. The Bertz CT molecular complexity index is 1010. The summed E-state index contributed by atoms with van der Waals surface area (Å²) in [6, 6.07) is 13.9. The second kappa shape index (κ2) is 7.92. The van der Waals surface area contributed by atoms with Gasteiger partial charge in [-0.1, -0.05) is 23.7 Å². The van der Waals surface area contributed by atoms with Crippen molar-refractivity contribution in [3.05, 3.63) is 76.7 Å². The Morgan fingerprint density at radius 2 is 1.81 bits per heavy atom. The number of ketones is 1. The number of rotatable bonds is 5. The predicted molar refractivity (Wildman–Crippen MR) is 101 cm³/mol. The highest BCUT2D eigenvalue weighted by molar-refractivity contribution is 6.31. The van der Waals surface area contributed by atoms with E-state index in [9.17, 15) is 14.0 Å². The third-order valence-corrected chi connectivity index (χ3v) is 3.91. The maximum Gasteiger partial charge on any atom is 0.276 e. The van der Waals surface area contributed by atoms with Crippen molar-refractivity contribution < 1.29 is 14.0 Å². The molecule has 1 amide bonds. The van der Waals surface area contributed by atoms with Gasteiger partial charge in [-0.05, 0) is 49.4 Å². The molecule has 0 aliphatic heterocycles. The molecule has 0 fully saturated rings. The van der Waals surface area contributed by atoms with Gasteiger partial charge in [-0.15, -0.1) is 10.2 Å². The number of halogens is 2. The number of Topliss-reactive ketones (excluding diaryl/α,β-unsaturated/α-hetero) is 1. The van der Waals surface area contributed by atoms with E-state index >= 15 is 0 Å². The summed E-state index contributed by atoms with van der Waals surface area (Å²) in [5.74, 6) is -0.705. The van der Waals surface area contributed by atoms with Crippen molar-refractivity contribution in [2.24, 2.45) is 0 Å². The Hall–Kier alpha value is -3.32. The van der Waals surface area contributed by atoms with E-state index in [1.165, 1.54) is 25.1 Å². The van der Waals surface area contributed by atoms with Gasteiger partial charge in [-0.2, -0.15) is 0 Å². The zero-order valence-corrected chi connectivity index (χ0v) is 14.9. The molecular weight excluding hydrogens is 371 g/mol. The van der Waals surface area contributed by atoms with Crippen LogP contribution < -0.4 is 10.6 Å². The zero-order chi connectivity index (χ0) is 19.4. The Balaban J connectivity index is 1.69. The van der Waals surface area contributed by atoms with E-state index in [2.05, 4.69) is 20.8 Å². The van der Waals surface area contributed by atoms with Crippen LogP contribution in [0, 0.1) is 5.82 Å². The monoisotopic (exact) mass is 384 g/mol. The van der Waals surface area contributed by atoms with Crippen molar-refractivity contribution in [3.8, 4) is 0 Å². The molecule has 0 saturated carbocycles. The Morgan fingerprint density at radius 1 is 1.00 bits per heavy atom. The number of hydrogen-bond acceptors (Lipinski definition) is 5. The van der Waals surface area contributed by atoms with Crippen LogP contribution in [-0.4, -0.2) is 21.9 Å². The number of nitrogens with one attached hydrogen (secondary N) is 2. The van der Waals surface area contributed by atoms with Gasteiger partial charge in [0, 0.05) is 16.9 Å². The van der Waals surface area contributed by atoms with Crippen LogP contribution in [0.3, 0.4) is 0 Å². The molecule has 3 rings (SSSR count). The van der Waals surface area contributed by atoms with Gasteiger partial charge in [0.05, 0.1) is 5.02 Å². The van der Waals surface area contributed by atoms with E-state index in [-0.39, 0.29) is 16.5 Å². The summed E-state index contributed by atoms with van der Waals surface area (Å²) in [7, 11) is 0. The molecule has 27 heavy (non-hydrogen) atoms. The highest BCUT2D eigenvalue weighted by Gasteiger charge is 2.10. The summed E-state index contributed by atoms with van der Waals surface area (Å²) >= 11 is 5.69. The summed E-state index contributed by atoms with van der Waals surface area (Å²) in [6.07, 6.45) is 0. The quantitative estimate of drug-likeness (QED) is 0.634. The van der Waals surface area contributed by atoms with Crippen molar-refractivity contribution in [2.75, 3.05) is 10.6 Å². The number of anilines is 3.